The molecule has 2 N–H and O–H groups in total. The van der Waals surface area contributed by atoms with Crippen molar-refractivity contribution < 1.29 is 9.90 Å². The summed E-state index contributed by atoms with van der Waals surface area (Å²) in [6.07, 6.45) is 3.36. The number of anilines is 1. The minimum Gasteiger partial charge on any atom is -0.476 e. The number of hydrogen-bond donors (Lipinski definition) is 2. The number of rotatable bonds is 4. The van der Waals surface area contributed by atoms with Gasteiger partial charge in [-0.2, -0.15) is 0 Å². The van der Waals surface area contributed by atoms with E-state index in [0.29, 0.717) is 11.7 Å². The summed E-state index contributed by atoms with van der Waals surface area (Å²) in [6, 6.07) is 0. The fraction of sp³-hybridized carbons (Fsp3) is 0.200. The Kier molecular flexibility index (Phi) is 3.29. The SMILES string of the molecule is Cc1cnc(CNc2nc(C(=O)O)cs2)cn1. The highest BCUT2D eigenvalue weighted by molar-refractivity contribution is 7.13. The van der Waals surface area contributed by atoms with E-state index in [0.717, 1.165) is 11.4 Å². The van der Waals surface area contributed by atoms with Crippen LogP contribution in [0.5, 0.6) is 0 Å². The van der Waals surface area contributed by atoms with Crippen molar-refractivity contribution >= 4 is 22.4 Å². The summed E-state index contributed by atoms with van der Waals surface area (Å²) in [4.78, 5) is 22.8. The molecule has 0 atom stereocenters. The van der Waals surface area contributed by atoms with Gasteiger partial charge in [-0.25, -0.2) is 9.78 Å². The number of carbonyl (C=O) groups is 1. The third-order valence-electron chi connectivity index (χ3n) is 1.98. The van der Waals surface area contributed by atoms with Crippen LogP contribution in [0, 0.1) is 6.92 Å². The third-order valence-corrected chi connectivity index (χ3v) is 2.78. The number of aromatic nitrogens is 3. The normalized spacial score (nSPS) is 10.2. The van der Waals surface area contributed by atoms with Crippen molar-refractivity contribution in [2.75, 3.05) is 5.32 Å². The van der Waals surface area contributed by atoms with Crippen LogP contribution in [0.2, 0.25) is 0 Å². The number of nitrogens with zero attached hydrogens (tertiary/aromatic N) is 3. The highest BCUT2D eigenvalue weighted by atomic mass is 32.1. The third kappa shape index (κ3) is 2.97. The molecule has 2 rings (SSSR count). The van der Waals surface area contributed by atoms with Crippen molar-refractivity contribution in [1.82, 2.24) is 15.0 Å². The summed E-state index contributed by atoms with van der Waals surface area (Å²) in [5.41, 5.74) is 1.69. The molecule has 0 aliphatic heterocycles. The molecule has 17 heavy (non-hydrogen) atoms. The van der Waals surface area contributed by atoms with Gasteiger partial charge in [0.2, 0.25) is 0 Å². The minimum absolute atomic E-state index is 0.0486. The molecule has 6 nitrogen and oxygen atoms in total. The van der Waals surface area contributed by atoms with E-state index in [-0.39, 0.29) is 5.69 Å². The van der Waals surface area contributed by atoms with E-state index < -0.39 is 5.97 Å². The number of carboxylic acid groups (broad SMARTS) is 1. The zero-order valence-electron chi connectivity index (χ0n) is 9.04. The van der Waals surface area contributed by atoms with Gasteiger partial charge < -0.3 is 10.4 Å². The molecular weight excluding hydrogens is 240 g/mol. The molecule has 0 unspecified atom stereocenters. The van der Waals surface area contributed by atoms with Crippen LogP contribution in [0.15, 0.2) is 17.8 Å². The summed E-state index contributed by atoms with van der Waals surface area (Å²) in [5, 5.41) is 13.8. The van der Waals surface area contributed by atoms with Crippen LogP contribution >= 0.6 is 11.3 Å². The van der Waals surface area contributed by atoms with Gasteiger partial charge in [-0.15, -0.1) is 11.3 Å². The van der Waals surface area contributed by atoms with E-state index in [1.807, 2.05) is 6.92 Å². The lowest BCUT2D eigenvalue weighted by Gasteiger charge is -2.01. The van der Waals surface area contributed by atoms with Gasteiger partial charge in [0.15, 0.2) is 10.8 Å². The Morgan fingerprint density at radius 1 is 1.47 bits per heavy atom. The van der Waals surface area contributed by atoms with Crippen molar-refractivity contribution in [1.29, 1.82) is 0 Å². The lowest BCUT2D eigenvalue weighted by Crippen LogP contribution is -2.03. The second kappa shape index (κ2) is 4.88. The van der Waals surface area contributed by atoms with Crippen molar-refractivity contribution in [3.8, 4) is 0 Å². The maximum absolute atomic E-state index is 10.6. The maximum atomic E-state index is 10.6. The van der Waals surface area contributed by atoms with E-state index >= 15 is 0 Å². The highest BCUT2D eigenvalue weighted by Crippen LogP contribution is 2.15. The Balaban J connectivity index is 1.97. The first kappa shape index (κ1) is 11.5. The van der Waals surface area contributed by atoms with E-state index in [1.165, 1.54) is 16.7 Å². The van der Waals surface area contributed by atoms with Crippen LogP contribution in [0.1, 0.15) is 21.9 Å². The van der Waals surface area contributed by atoms with Gasteiger partial charge in [-0.05, 0) is 6.92 Å². The van der Waals surface area contributed by atoms with E-state index in [2.05, 4.69) is 20.3 Å². The first-order chi connectivity index (χ1) is 8.15. The molecule has 0 fully saturated rings. The Bertz CT molecular complexity index is 523. The summed E-state index contributed by atoms with van der Waals surface area (Å²) in [5.74, 6) is -1.02. The fourth-order valence-electron chi connectivity index (χ4n) is 1.13. The fourth-order valence-corrected chi connectivity index (χ4v) is 1.81. The zero-order chi connectivity index (χ0) is 12.3. The molecule has 0 aliphatic rings. The Morgan fingerprint density at radius 3 is 2.88 bits per heavy atom. The lowest BCUT2D eigenvalue weighted by atomic mass is 10.4. The summed E-state index contributed by atoms with van der Waals surface area (Å²) in [7, 11) is 0. The number of aryl methyl sites for hydroxylation is 1. The molecule has 0 amide bonds. The van der Waals surface area contributed by atoms with Crippen LogP contribution in [0.25, 0.3) is 0 Å². The Labute approximate surface area is 101 Å². The molecule has 2 aromatic rings. The second-order valence-electron chi connectivity index (χ2n) is 3.35. The summed E-state index contributed by atoms with van der Waals surface area (Å²) >= 11 is 1.25. The molecule has 2 heterocycles. The molecular formula is C10H10N4O2S. The molecule has 0 spiro atoms. The number of nitrogens with one attached hydrogen (secondary N) is 1. The molecule has 0 aliphatic carbocycles. The number of thiazole rings is 1. The maximum Gasteiger partial charge on any atom is 0.355 e. The molecule has 0 saturated heterocycles. The predicted octanol–water partition coefficient (Wildman–Crippen LogP) is 1.55. The number of carboxylic acids is 1. The summed E-state index contributed by atoms with van der Waals surface area (Å²) in [6.45, 7) is 2.34. The minimum atomic E-state index is -1.02. The molecule has 0 aromatic carbocycles. The molecule has 0 radical (unpaired) electrons. The smallest absolute Gasteiger partial charge is 0.355 e. The first-order valence-corrected chi connectivity index (χ1v) is 5.73. The molecule has 2 aromatic heterocycles. The molecule has 0 bridgehead atoms. The van der Waals surface area contributed by atoms with E-state index in [1.54, 1.807) is 12.4 Å². The van der Waals surface area contributed by atoms with Gasteiger partial charge in [-0.1, -0.05) is 0 Å². The molecule has 0 saturated carbocycles. The number of hydrogen-bond acceptors (Lipinski definition) is 6. The van der Waals surface area contributed by atoms with Gasteiger partial charge in [0.05, 0.1) is 24.1 Å². The largest absolute Gasteiger partial charge is 0.476 e. The van der Waals surface area contributed by atoms with Crippen LogP contribution in [0.3, 0.4) is 0 Å². The molecule has 88 valence electrons. The van der Waals surface area contributed by atoms with Gasteiger partial charge in [0, 0.05) is 11.6 Å². The second-order valence-corrected chi connectivity index (χ2v) is 4.20. The van der Waals surface area contributed by atoms with Crippen LogP contribution < -0.4 is 5.32 Å². The van der Waals surface area contributed by atoms with Crippen molar-refractivity contribution in [2.24, 2.45) is 0 Å². The number of aromatic carboxylic acids is 1. The Hall–Kier alpha value is -2.02. The standard InChI is InChI=1S/C10H10N4O2S/c1-6-2-12-7(3-11-6)4-13-10-14-8(5-17-10)9(15)16/h2-3,5H,4H2,1H3,(H,13,14)(H,15,16). The van der Waals surface area contributed by atoms with E-state index in [4.69, 9.17) is 5.11 Å². The summed E-state index contributed by atoms with van der Waals surface area (Å²) < 4.78 is 0. The average molecular weight is 250 g/mol. The van der Waals surface area contributed by atoms with E-state index in [9.17, 15) is 4.79 Å². The molecule has 7 heteroatoms. The van der Waals surface area contributed by atoms with Crippen molar-refractivity contribution in [3.05, 3.63) is 34.9 Å². The van der Waals surface area contributed by atoms with Gasteiger partial charge in [-0.3, -0.25) is 9.97 Å². The van der Waals surface area contributed by atoms with Crippen molar-refractivity contribution in [2.45, 2.75) is 13.5 Å². The van der Waals surface area contributed by atoms with Crippen LogP contribution in [0.4, 0.5) is 5.13 Å². The van der Waals surface area contributed by atoms with Gasteiger partial charge in [0.1, 0.15) is 0 Å². The van der Waals surface area contributed by atoms with Crippen LogP contribution in [-0.2, 0) is 6.54 Å². The monoisotopic (exact) mass is 250 g/mol. The quantitative estimate of drug-likeness (QED) is 0.856. The predicted molar refractivity (Wildman–Crippen MR) is 63.2 cm³/mol. The van der Waals surface area contributed by atoms with Crippen LogP contribution in [-0.4, -0.2) is 26.0 Å². The first-order valence-electron chi connectivity index (χ1n) is 4.85. The Morgan fingerprint density at radius 2 is 2.29 bits per heavy atom. The highest BCUT2D eigenvalue weighted by Gasteiger charge is 2.08. The van der Waals surface area contributed by atoms with Gasteiger partial charge >= 0.3 is 5.97 Å². The zero-order valence-corrected chi connectivity index (χ0v) is 9.86. The topological polar surface area (TPSA) is 88.0 Å². The average Bonchev–Trinajstić information content (AvgIpc) is 2.77. The van der Waals surface area contributed by atoms with Gasteiger partial charge in [0.25, 0.3) is 0 Å². The lowest BCUT2D eigenvalue weighted by molar-refractivity contribution is 0.0691. The van der Waals surface area contributed by atoms with Crippen molar-refractivity contribution in [3.63, 3.8) is 0 Å².